The van der Waals surface area contributed by atoms with Gasteiger partial charge in [-0.05, 0) is 24.3 Å². The average Bonchev–Trinajstić information content (AvgIpc) is 2.90. The van der Waals surface area contributed by atoms with E-state index in [9.17, 15) is 4.79 Å². The number of nitrogens with one attached hydrogen (secondary N) is 2. The Labute approximate surface area is 85.8 Å². The van der Waals surface area contributed by atoms with E-state index in [0.717, 1.165) is 0 Å². The van der Waals surface area contributed by atoms with Gasteiger partial charge in [0.2, 0.25) is 0 Å². The summed E-state index contributed by atoms with van der Waals surface area (Å²) >= 11 is 0. The Kier molecular flexibility index (Phi) is 2.64. The number of furan rings is 1. The molecule has 0 aliphatic rings. The molecule has 1 amide bonds. The highest BCUT2D eigenvalue weighted by atomic mass is 16.3. The number of carbonyl (C=O) groups excluding carboxylic acids is 1. The molecule has 0 saturated carbocycles. The van der Waals surface area contributed by atoms with Crippen molar-refractivity contribution in [2.45, 2.75) is 0 Å². The second-order valence-corrected chi connectivity index (χ2v) is 2.80. The molecule has 0 aliphatic heterocycles. The van der Waals surface area contributed by atoms with Crippen LogP contribution in [0.5, 0.6) is 0 Å². The summed E-state index contributed by atoms with van der Waals surface area (Å²) in [5.41, 5.74) is 2.83. The lowest BCUT2D eigenvalue weighted by Crippen LogP contribution is -2.17. The topological polar surface area (TPSA) is 70.4 Å². The van der Waals surface area contributed by atoms with Crippen LogP contribution in [0.1, 0.15) is 16.2 Å². The third-order valence-electron chi connectivity index (χ3n) is 1.74. The van der Waals surface area contributed by atoms with Crippen LogP contribution in [0.25, 0.3) is 0 Å². The predicted molar refractivity (Wildman–Crippen MR) is 54.6 cm³/mol. The number of amides is 1. The zero-order chi connectivity index (χ0) is 10.5. The minimum Gasteiger partial charge on any atom is -0.463 e. The van der Waals surface area contributed by atoms with Gasteiger partial charge in [0.25, 0.3) is 5.91 Å². The molecule has 0 aromatic carbocycles. The van der Waals surface area contributed by atoms with Gasteiger partial charge in [-0.2, -0.15) is 5.10 Å². The number of hydrogen-bond donors (Lipinski definition) is 2. The van der Waals surface area contributed by atoms with Crippen molar-refractivity contribution in [3.63, 3.8) is 0 Å². The molecule has 2 rings (SSSR count). The van der Waals surface area contributed by atoms with Crippen molar-refractivity contribution in [3.05, 3.63) is 48.2 Å². The average molecular weight is 203 g/mol. The van der Waals surface area contributed by atoms with Crippen LogP contribution in [0.4, 0.5) is 0 Å². The zero-order valence-corrected chi connectivity index (χ0v) is 7.81. The van der Waals surface area contributed by atoms with Gasteiger partial charge in [-0.25, -0.2) is 5.43 Å². The van der Waals surface area contributed by atoms with Crippen LogP contribution in [0.2, 0.25) is 0 Å². The molecule has 0 radical (unpaired) electrons. The molecule has 2 N–H and O–H groups in total. The number of H-pyrrole nitrogens is 1. The third-order valence-corrected chi connectivity index (χ3v) is 1.74. The van der Waals surface area contributed by atoms with Crippen LogP contribution in [-0.4, -0.2) is 17.1 Å². The SMILES string of the molecule is O=C(N/N=C\c1ccco1)c1ccc[nH]1. The maximum atomic E-state index is 11.3. The summed E-state index contributed by atoms with van der Waals surface area (Å²) in [6.45, 7) is 0. The first kappa shape index (κ1) is 9.26. The molecule has 0 aliphatic carbocycles. The molecule has 5 heteroatoms. The fourth-order valence-corrected chi connectivity index (χ4v) is 1.05. The molecule has 76 valence electrons. The molecule has 2 heterocycles. The maximum Gasteiger partial charge on any atom is 0.287 e. The van der Waals surface area contributed by atoms with Crippen LogP contribution in [-0.2, 0) is 0 Å². The lowest BCUT2D eigenvalue weighted by Gasteiger charge is -1.94. The Morgan fingerprint density at radius 3 is 3.07 bits per heavy atom. The molecule has 0 saturated heterocycles. The van der Waals surface area contributed by atoms with Crippen molar-refractivity contribution in [3.8, 4) is 0 Å². The number of hydrazone groups is 1. The summed E-state index contributed by atoms with van der Waals surface area (Å²) in [6, 6.07) is 6.89. The van der Waals surface area contributed by atoms with Gasteiger partial charge in [-0.3, -0.25) is 4.79 Å². The maximum absolute atomic E-state index is 11.3. The highest BCUT2D eigenvalue weighted by molar-refractivity contribution is 5.92. The molecule has 0 bridgehead atoms. The first-order valence-corrected chi connectivity index (χ1v) is 4.36. The molecular weight excluding hydrogens is 194 g/mol. The second kappa shape index (κ2) is 4.28. The van der Waals surface area contributed by atoms with Crippen LogP contribution in [0.3, 0.4) is 0 Å². The Balaban J connectivity index is 1.91. The number of hydrogen-bond acceptors (Lipinski definition) is 3. The van der Waals surface area contributed by atoms with Gasteiger partial charge in [0.05, 0.1) is 12.5 Å². The summed E-state index contributed by atoms with van der Waals surface area (Å²) in [5, 5.41) is 3.73. The molecule has 2 aromatic rings. The van der Waals surface area contributed by atoms with Crippen molar-refractivity contribution < 1.29 is 9.21 Å². The smallest absolute Gasteiger partial charge is 0.287 e. The van der Waals surface area contributed by atoms with E-state index in [1.807, 2.05) is 0 Å². The molecule has 0 atom stereocenters. The van der Waals surface area contributed by atoms with Crippen molar-refractivity contribution >= 4 is 12.1 Å². The highest BCUT2D eigenvalue weighted by Crippen LogP contribution is 1.95. The normalized spacial score (nSPS) is 10.7. The molecule has 15 heavy (non-hydrogen) atoms. The van der Waals surface area contributed by atoms with E-state index in [0.29, 0.717) is 11.5 Å². The number of aromatic amines is 1. The molecule has 0 spiro atoms. The number of nitrogens with zero attached hydrogens (tertiary/aromatic N) is 1. The summed E-state index contributed by atoms with van der Waals surface area (Å²) in [4.78, 5) is 14.1. The van der Waals surface area contributed by atoms with E-state index < -0.39 is 0 Å². The summed E-state index contributed by atoms with van der Waals surface area (Å²) in [5.74, 6) is 0.296. The van der Waals surface area contributed by atoms with Gasteiger partial charge >= 0.3 is 0 Å². The summed E-state index contributed by atoms with van der Waals surface area (Å²) in [7, 11) is 0. The van der Waals surface area contributed by atoms with E-state index in [1.165, 1.54) is 12.5 Å². The van der Waals surface area contributed by atoms with Gasteiger partial charge < -0.3 is 9.40 Å². The van der Waals surface area contributed by atoms with E-state index in [4.69, 9.17) is 4.42 Å². The quantitative estimate of drug-likeness (QED) is 0.584. The molecular formula is C10H9N3O2. The zero-order valence-electron chi connectivity index (χ0n) is 7.81. The number of carbonyl (C=O) groups is 1. The summed E-state index contributed by atoms with van der Waals surface area (Å²) < 4.78 is 5.00. The number of aromatic nitrogens is 1. The van der Waals surface area contributed by atoms with E-state index in [-0.39, 0.29) is 5.91 Å². The second-order valence-electron chi connectivity index (χ2n) is 2.80. The third kappa shape index (κ3) is 2.34. The van der Waals surface area contributed by atoms with Gasteiger partial charge in [-0.15, -0.1) is 0 Å². The highest BCUT2D eigenvalue weighted by Gasteiger charge is 2.02. The van der Waals surface area contributed by atoms with Crippen molar-refractivity contribution in [1.82, 2.24) is 10.4 Å². The van der Waals surface area contributed by atoms with Crippen molar-refractivity contribution in [1.29, 1.82) is 0 Å². The summed E-state index contributed by atoms with van der Waals surface area (Å²) in [6.07, 6.45) is 4.64. The fraction of sp³-hybridized carbons (Fsp3) is 0. The largest absolute Gasteiger partial charge is 0.463 e. The molecule has 5 nitrogen and oxygen atoms in total. The van der Waals surface area contributed by atoms with Gasteiger partial charge in [0.1, 0.15) is 11.5 Å². The lowest BCUT2D eigenvalue weighted by molar-refractivity contribution is 0.0951. The predicted octanol–water partition coefficient (Wildman–Crippen LogP) is 1.37. The van der Waals surface area contributed by atoms with Gasteiger partial charge in [0.15, 0.2) is 0 Å². The van der Waals surface area contributed by atoms with Crippen LogP contribution >= 0.6 is 0 Å². The lowest BCUT2D eigenvalue weighted by atomic mass is 10.4. The van der Waals surface area contributed by atoms with Crippen LogP contribution < -0.4 is 5.43 Å². The van der Waals surface area contributed by atoms with Crippen LogP contribution in [0.15, 0.2) is 46.2 Å². The molecule has 0 fully saturated rings. The van der Waals surface area contributed by atoms with Gasteiger partial charge in [0, 0.05) is 6.20 Å². The van der Waals surface area contributed by atoms with E-state index >= 15 is 0 Å². The first-order valence-electron chi connectivity index (χ1n) is 4.36. The Bertz CT molecular complexity index is 443. The van der Waals surface area contributed by atoms with Crippen LogP contribution in [0, 0.1) is 0 Å². The Morgan fingerprint density at radius 1 is 1.47 bits per heavy atom. The Hall–Kier alpha value is -2.30. The monoisotopic (exact) mass is 203 g/mol. The fourth-order valence-electron chi connectivity index (χ4n) is 1.05. The minimum absolute atomic E-state index is 0.289. The van der Waals surface area contributed by atoms with E-state index in [2.05, 4.69) is 15.5 Å². The van der Waals surface area contributed by atoms with E-state index in [1.54, 1.807) is 30.5 Å². The molecule has 2 aromatic heterocycles. The van der Waals surface area contributed by atoms with Crippen molar-refractivity contribution in [2.24, 2.45) is 5.10 Å². The Morgan fingerprint density at radius 2 is 2.40 bits per heavy atom. The van der Waals surface area contributed by atoms with Gasteiger partial charge in [-0.1, -0.05) is 0 Å². The minimum atomic E-state index is -0.289. The standard InChI is InChI=1S/C10H9N3O2/c14-10(9-4-1-5-11-9)13-12-7-8-3-2-6-15-8/h1-7,11H,(H,13,14)/b12-7-. The van der Waals surface area contributed by atoms with Crippen molar-refractivity contribution in [2.75, 3.05) is 0 Å². The first-order chi connectivity index (χ1) is 7.36. The molecule has 0 unspecified atom stereocenters. The number of rotatable bonds is 3.